The number of nitrogens with one attached hydrogen (secondary N) is 1. The molecule has 23 heavy (non-hydrogen) atoms. The third kappa shape index (κ3) is 4.51. The number of methoxy groups -OCH3 is 1. The van der Waals surface area contributed by atoms with Gasteiger partial charge in [0, 0.05) is 19.4 Å². The zero-order chi connectivity index (χ0) is 16.8. The Kier molecular flexibility index (Phi) is 6.53. The molecule has 2 rings (SSSR count). The maximum Gasteiger partial charge on any atom is 0.291 e. The van der Waals surface area contributed by atoms with Gasteiger partial charge in [0.05, 0.1) is 18.2 Å². The molecule has 0 aromatic carbocycles. The minimum Gasteiger partial charge on any atom is -0.459 e. The van der Waals surface area contributed by atoms with Gasteiger partial charge in [-0.15, -0.1) is 11.8 Å². The summed E-state index contributed by atoms with van der Waals surface area (Å²) >= 11 is 1.65. The first-order valence-corrected chi connectivity index (χ1v) is 8.84. The smallest absolute Gasteiger partial charge is 0.291 e. The molecule has 6 nitrogen and oxygen atoms in total. The van der Waals surface area contributed by atoms with Gasteiger partial charge in [-0.1, -0.05) is 13.8 Å². The van der Waals surface area contributed by atoms with Crippen LogP contribution in [0.25, 0.3) is 0 Å². The van der Waals surface area contributed by atoms with Crippen LogP contribution >= 0.6 is 11.8 Å². The molecule has 2 amide bonds. The Morgan fingerprint density at radius 3 is 2.91 bits per heavy atom. The summed E-state index contributed by atoms with van der Waals surface area (Å²) in [6.07, 6.45) is 2.32. The normalized spacial score (nSPS) is 21.0. The van der Waals surface area contributed by atoms with Crippen LogP contribution in [0.2, 0.25) is 0 Å². The van der Waals surface area contributed by atoms with E-state index in [9.17, 15) is 9.59 Å². The van der Waals surface area contributed by atoms with Crippen molar-refractivity contribution in [3.63, 3.8) is 0 Å². The van der Waals surface area contributed by atoms with Crippen molar-refractivity contribution in [2.45, 2.75) is 31.7 Å². The Morgan fingerprint density at radius 2 is 2.30 bits per heavy atom. The molecule has 128 valence electrons. The van der Waals surface area contributed by atoms with Gasteiger partial charge in [-0.2, -0.15) is 0 Å². The van der Waals surface area contributed by atoms with Crippen molar-refractivity contribution in [2.24, 2.45) is 5.92 Å². The Morgan fingerprint density at radius 1 is 1.52 bits per heavy atom. The van der Waals surface area contributed by atoms with E-state index in [0.29, 0.717) is 24.8 Å². The predicted octanol–water partition coefficient (Wildman–Crippen LogP) is 1.97. The van der Waals surface area contributed by atoms with Gasteiger partial charge in [-0.25, -0.2) is 0 Å². The van der Waals surface area contributed by atoms with Crippen molar-refractivity contribution in [3.05, 3.63) is 24.2 Å². The summed E-state index contributed by atoms with van der Waals surface area (Å²) < 4.78 is 10.2. The molecule has 1 aliphatic rings. The van der Waals surface area contributed by atoms with Gasteiger partial charge in [-0.3, -0.25) is 9.59 Å². The number of rotatable bonds is 7. The zero-order valence-corrected chi connectivity index (χ0v) is 14.6. The van der Waals surface area contributed by atoms with Crippen molar-refractivity contribution in [3.8, 4) is 0 Å². The number of thioether (sulfide) groups is 1. The lowest BCUT2D eigenvalue weighted by Crippen LogP contribution is -2.50. The first-order valence-electron chi connectivity index (χ1n) is 7.79. The lowest BCUT2D eigenvalue weighted by atomic mass is 10.1. The van der Waals surface area contributed by atoms with Gasteiger partial charge in [0.25, 0.3) is 5.91 Å². The van der Waals surface area contributed by atoms with E-state index >= 15 is 0 Å². The van der Waals surface area contributed by atoms with Gasteiger partial charge in [0.1, 0.15) is 6.04 Å². The Balaban J connectivity index is 2.13. The topological polar surface area (TPSA) is 71.8 Å². The van der Waals surface area contributed by atoms with Crippen LogP contribution in [0.15, 0.2) is 22.8 Å². The van der Waals surface area contributed by atoms with E-state index in [0.717, 1.165) is 6.42 Å². The Bertz CT molecular complexity index is 518. The maximum absolute atomic E-state index is 12.8. The van der Waals surface area contributed by atoms with Crippen LogP contribution in [0, 0.1) is 5.92 Å². The van der Waals surface area contributed by atoms with Crippen LogP contribution in [-0.4, -0.2) is 54.1 Å². The van der Waals surface area contributed by atoms with Crippen LogP contribution in [-0.2, 0) is 9.53 Å². The number of carbonyl (C=O) groups excluding carboxylic acids is 2. The summed E-state index contributed by atoms with van der Waals surface area (Å²) in [6, 6.07) is 2.84. The fourth-order valence-electron chi connectivity index (χ4n) is 2.54. The fraction of sp³-hybridized carbons (Fsp3) is 0.625. The van der Waals surface area contributed by atoms with Gasteiger partial charge >= 0.3 is 0 Å². The molecular formula is C16H24N2O4S. The first-order chi connectivity index (χ1) is 11.0. The lowest BCUT2D eigenvalue weighted by Gasteiger charge is -2.29. The average Bonchev–Trinajstić information content (AvgIpc) is 3.15. The SMILES string of the molecule is COCCNC(=O)C1CSC(CC(C)C)N1C(=O)c1ccco1. The number of carbonyl (C=O) groups is 2. The molecule has 1 aromatic heterocycles. The Hall–Kier alpha value is -1.47. The second kappa shape index (κ2) is 8.40. The molecule has 0 spiro atoms. The molecular weight excluding hydrogens is 316 g/mol. The van der Waals surface area contributed by atoms with Crippen molar-refractivity contribution >= 4 is 23.6 Å². The highest BCUT2D eigenvalue weighted by atomic mass is 32.2. The highest BCUT2D eigenvalue weighted by Crippen LogP contribution is 2.34. The standard InChI is InChI=1S/C16H24N2O4S/c1-11(2)9-14-18(16(20)13-5-4-7-22-13)12(10-23-14)15(19)17-6-8-21-3/h4-5,7,11-12,14H,6,8-10H2,1-3H3,(H,17,19). The molecule has 1 N–H and O–H groups in total. The van der Waals surface area contributed by atoms with E-state index in [1.165, 1.54) is 6.26 Å². The predicted molar refractivity (Wildman–Crippen MR) is 89.3 cm³/mol. The summed E-state index contributed by atoms with van der Waals surface area (Å²) in [6.45, 7) is 5.12. The fourth-order valence-corrected chi connectivity index (χ4v) is 4.18. The van der Waals surface area contributed by atoms with Crippen molar-refractivity contribution in [1.29, 1.82) is 0 Å². The van der Waals surface area contributed by atoms with E-state index < -0.39 is 6.04 Å². The highest BCUT2D eigenvalue weighted by molar-refractivity contribution is 8.00. The van der Waals surface area contributed by atoms with E-state index in [1.54, 1.807) is 35.9 Å². The maximum atomic E-state index is 12.8. The van der Waals surface area contributed by atoms with Gasteiger partial charge in [0.2, 0.25) is 5.91 Å². The molecule has 2 heterocycles. The third-order valence-corrected chi connectivity index (χ3v) is 4.95. The minimum atomic E-state index is -0.474. The number of ether oxygens (including phenoxy) is 1. The monoisotopic (exact) mass is 340 g/mol. The average molecular weight is 340 g/mol. The molecule has 1 aliphatic heterocycles. The summed E-state index contributed by atoms with van der Waals surface area (Å²) in [4.78, 5) is 26.9. The first kappa shape index (κ1) is 17.9. The second-order valence-electron chi connectivity index (χ2n) is 5.91. The molecule has 0 aliphatic carbocycles. The van der Waals surface area contributed by atoms with Crippen LogP contribution in [0.1, 0.15) is 30.8 Å². The molecule has 1 fully saturated rings. The molecule has 0 radical (unpaired) electrons. The molecule has 2 atom stereocenters. The van der Waals surface area contributed by atoms with E-state index in [1.807, 2.05) is 0 Å². The van der Waals surface area contributed by atoms with E-state index in [4.69, 9.17) is 9.15 Å². The summed E-state index contributed by atoms with van der Waals surface area (Å²) in [5, 5.41) is 2.82. The molecule has 2 unspecified atom stereocenters. The molecule has 0 saturated carbocycles. The zero-order valence-electron chi connectivity index (χ0n) is 13.8. The third-order valence-electron chi connectivity index (χ3n) is 3.64. The van der Waals surface area contributed by atoms with E-state index in [2.05, 4.69) is 19.2 Å². The van der Waals surface area contributed by atoms with Gasteiger partial charge in [-0.05, 0) is 24.5 Å². The largest absolute Gasteiger partial charge is 0.459 e. The number of hydrogen-bond acceptors (Lipinski definition) is 5. The van der Waals surface area contributed by atoms with Crippen molar-refractivity contribution in [2.75, 3.05) is 26.0 Å². The van der Waals surface area contributed by atoms with Crippen LogP contribution < -0.4 is 5.32 Å². The number of hydrogen-bond donors (Lipinski definition) is 1. The Labute approximate surface area is 140 Å². The molecule has 1 aromatic rings. The van der Waals surface area contributed by atoms with Crippen LogP contribution in [0.3, 0.4) is 0 Å². The summed E-state index contributed by atoms with van der Waals surface area (Å²) in [7, 11) is 1.59. The number of nitrogens with zero attached hydrogens (tertiary/aromatic N) is 1. The van der Waals surface area contributed by atoms with Gasteiger partial charge in [0.15, 0.2) is 5.76 Å². The molecule has 1 saturated heterocycles. The quantitative estimate of drug-likeness (QED) is 0.769. The summed E-state index contributed by atoms with van der Waals surface area (Å²) in [5.74, 6) is 0.951. The number of amides is 2. The van der Waals surface area contributed by atoms with Crippen molar-refractivity contribution < 1.29 is 18.7 Å². The van der Waals surface area contributed by atoms with Crippen LogP contribution in [0.5, 0.6) is 0 Å². The lowest BCUT2D eigenvalue weighted by molar-refractivity contribution is -0.125. The van der Waals surface area contributed by atoms with Gasteiger partial charge < -0.3 is 19.4 Å². The highest BCUT2D eigenvalue weighted by Gasteiger charge is 2.42. The second-order valence-corrected chi connectivity index (χ2v) is 7.12. The minimum absolute atomic E-state index is 0.00854. The molecule has 7 heteroatoms. The van der Waals surface area contributed by atoms with E-state index in [-0.39, 0.29) is 22.9 Å². The number of furan rings is 1. The summed E-state index contributed by atoms with van der Waals surface area (Å²) in [5.41, 5.74) is 0. The van der Waals surface area contributed by atoms with Crippen LogP contribution in [0.4, 0.5) is 0 Å². The van der Waals surface area contributed by atoms with Crippen molar-refractivity contribution in [1.82, 2.24) is 10.2 Å². The molecule has 0 bridgehead atoms.